The van der Waals surface area contributed by atoms with Crippen molar-refractivity contribution in [2.45, 2.75) is 44.8 Å². The van der Waals surface area contributed by atoms with E-state index in [0.717, 1.165) is 29.7 Å². The highest BCUT2D eigenvalue weighted by Crippen LogP contribution is 2.34. The van der Waals surface area contributed by atoms with Gasteiger partial charge in [-0.2, -0.15) is 0 Å². The molecule has 3 heterocycles. The molecule has 3 aromatic rings. The molecule has 7 heteroatoms. The van der Waals surface area contributed by atoms with Crippen molar-refractivity contribution in [1.29, 1.82) is 0 Å². The molecule has 1 amide bonds. The summed E-state index contributed by atoms with van der Waals surface area (Å²) < 4.78 is 4.02. The third-order valence-electron chi connectivity index (χ3n) is 5.47. The summed E-state index contributed by atoms with van der Waals surface area (Å²) in [6.07, 6.45) is 6.67. The summed E-state index contributed by atoms with van der Waals surface area (Å²) in [4.78, 5) is 19.2. The Kier molecular flexibility index (Phi) is 3.33. The van der Waals surface area contributed by atoms with E-state index in [1.807, 2.05) is 35.5 Å². The predicted octanol–water partition coefficient (Wildman–Crippen LogP) is 1.94. The van der Waals surface area contributed by atoms with E-state index in [1.165, 1.54) is 25.0 Å². The maximum atomic E-state index is 12.7. The molecule has 0 atom stereocenters. The molecule has 1 saturated carbocycles. The lowest BCUT2D eigenvalue weighted by atomic mass is 9.92. The molecule has 0 saturated heterocycles. The van der Waals surface area contributed by atoms with Crippen LogP contribution in [0.5, 0.6) is 0 Å². The molecule has 1 aliphatic carbocycles. The second-order valence-electron chi connectivity index (χ2n) is 6.93. The van der Waals surface area contributed by atoms with Gasteiger partial charge in [0.05, 0.1) is 24.1 Å². The third kappa shape index (κ3) is 2.42. The van der Waals surface area contributed by atoms with Crippen LogP contribution in [0, 0.1) is 0 Å². The van der Waals surface area contributed by atoms with Gasteiger partial charge in [0.25, 0.3) is 0 Å². The number of carbonyl (C=O) groups is 1. The van der Waals surface area contributed by atoms with E-state index in [0.29, 0.717) is 12.6 Å². The maximum Gasteiger partial charge on any atom is 0.244 e. The van der Waals surface area contributed by atoms with Crippen LogP contribution in [0.4, 0.5) is 0 Å². The molecule has 7 nitrogen and oxygen atoms in total. The van der Waals surface area contributed by atoms with E-state index in [9.17, 15) is 4.79 Å². The van der Waals surface area contributed by atoms with Gasteiger partial charge in [0.1, 0.15) is 12.1 Å². The van der Waals surface area contributed by atoms with E-state index in [-0.39, 0.29) is 12.5 Å². The standard InChI is InChI=1S/C18H20N6O/c25-18(11-24-17-7-2-1-6-14(17)20-21-24)22-9-8-16-15(10-22)19-12-23(16)13-4-3-5-13/h1-2,6-7,12-13H,3-5,8-11H2. The van der Waals surface area contributed by atoms with Gasteiger partial charge in [-0.15, -0.1) is 5.10 Å². The van der Waals surface area contributed by atoms with Crippen LogP contribution in [0.2, 0.25) is 0 Å². The number of hydrogen-bond acceptors (Lipinski definition) is 4. The van der Waals surface area contributed by atoms with Crippen molar-refractivity contribution in [3.05, 3.63) is 42.0 Å². The van der Waals surface area contributed by atoms with Crippen LogP contribution in [0.1, 0.15) is 36.7 Å². The van der Waals surface area contributed by atoms with Crippen molar-refractivity contribution in [2.75, 3.05) is 6.54 Å². The Hall–Kier alpha value is -2.70. The summed E-state index contributed by atoms with van der Waals surface area (Å²) in [5, 5.41) is 8.24. The summed E-state index contributed by atoms with van der Waals surface area (Å²) in [5.74, 6) is 0.0690. The number of para-hydroxylation sites is 1. The number of benzene rings is 1. The number of nitrogens with zero attached hydrogens (tertiary/aromatic N) is 6. The number of hydrogen-bond donors (Lipinski definition) is 0. The van der Waals surface area contributed by atoms with Crippen LogP contribution in [0.15, 0.2) is 30.6 Å². The summed E-state index contributed by atoms with van der Waals surface area (Å²) in [7, 11) is 0. The summed E-state index contributed by atoms with van der Waals surface area (Å²) in [6, 6.07) is 8.33. The fourth-order valence-electron chi connectivity index (χ4n) is 3.79. The molecule has 128 valence electrons. The number of aromatic nitrogens is 5. The lowest BCUT2D eigenvalue weighted by Gasteiger charge is -2.32. The SMILES string of the molecule is O=C(Cn1nnc2ccccc21)N1CCc2c(ncn2C2CCC2)C1. The van der Waals surface area contributed by atoms with Crippen molar-refractivity contribution in [3.8, 4) is 0 Å². The first-order valence-corrected chi connectivity index (χ1v) is 8.90. The molecule has 1 aromatic carbocycles. The largest absolute Gasteiger partial charge is 0.335 e. The second-order valence-corrected chi connectivity index (χ2v) is 6.93. The highest BCUT2D eigenvalue weighted by Gasteiger charge is 2.28. The van der Waals surface area contributed by atoms with Gasteiger partial charge >= 0.3 is 0 Å². The van der Waals surface area contributed by atoms with E-state index in [2.05, 4.69) is 19.9 Å². The average molecular weight is 336 g/mol. The van der Waals surface area contributed by atoms with E-state index in [4.69, 9.17) is 0 Å². The molecule has 5 rings (SSSR count). The lowest BCUT2D eigenvalue weighted by Crippen LogP contribution is -2.39. The summed E-state index contributed by atoms with van der Waals surface area (Å²) >= 11 is 0. The van der Waals surface area contributed by atoms with Crippen molar-refractivity contribution in [3.63, 3.8) is 0 Å². The molecular weight excluding hydrogens is 316 g/mol. The Labute approximate surface area is 145 Å². The van der Waals surface area contributed by atoms with Crippen LogP contribution in [0.3, 0.4) is 0 Å². The Balaban J connectivity index is 1.33. The maximum absolute atomic E-state index is 12.7. The molecule has 0 bridgehead atoms. The van der Waals surface area contributed by atoms with E-state index < -0.39 is 0 Å². The number of fused-ring (bicyclic) bond motifs is 2. The molecule has 0 radical (unpaired) electrons. The minimum atomic E-state index is 0.0690. The Morgan fingerprint density at radius 3 is 2.96 bits per heavy atom. The van der Waals surface area contributed by atoms with Crippen molar-refractivity contribution in [1.82, 2.24) is 29.4 Å². The Bertz CT molecular complexity index is 938. The van der Waals surface area contributed by atoms with Gasteiger partial charge in [-0.1, -0.05) is 17.3 Å². The van der Waals surface area contributed by atoms with Crippen LogP contribution >= 0.6 is 0 Å². The van der Waals surface area contributed by atoms with Crippen LogP contribution < -0.4 is 0 Å². The topological polar surface area (TPSA) is 68.8 Å². The van der Waals surface area contributed by atoms with Crippen LogP contribution in [0.25, 0.3) is 11.0 Å². The smallest absolute Gasteiger partial charge is 0.244 e. The fraction of sp³-hybridized carbons (Fsp3) is 0.444. The first kappa shape index (κ1) is 14.6. The lowest BCUT2D eigenvalue weighted by molar-refractivity contribution is -0.133. The first-order chi connectivity index (χ1) is 12.3. The van der Waals surface area contributed by atoms with Crippen molar-refractivity contribution in [2.24, 2.45) is 0 Å². The third-order valence-corrected chi connectivity index (χ3v) is 5.47. The molecule has 2 aliphatic rings. The van der Waals surface area contributed by atoms with Gasteiger partial charge < -0.3 is 9.47 Å². The highest BCUT2D eigenvalue weighted by atomic mass is 16.2. The molecular formula is C18H20N6O. The number of imidazole rings is 1. The number of amides is 1. The van der Waals surface area contributed by atoms with Gasteiger partial charge in [0.2, 0.25) is 5.91 Å². The first-order valence-electron chi connectivity index (χ1n) is 8.90. The monoisotopic (exact) mass is 336 g/mol. The molecule has 0 spiro atoms. The molecule has 0 N–H and O–H groups in total. The fourth-order valence-corrected chi connectivity index (χ4v) is 3.79. The molecule has 1 fully saturated rings. The molecule has 0 unspecified atom stereocenters. The highest BCUT2D eigenvalue weighted by molar-refractivity contribution is 5.80. The minimum Gasteiger partial charge on any atom is -0.335 e. The van der Waals surface area contributed by atoms with E-state index in [1.54, 1.807) is 4.68 Å². The molecule has 1 aliphatic heterocycles. The molecule has 25 heavy (non-hydrogen) atoms. The van der Waals surface area contributed by atoms with Crippen molar-refractivity contribution >= 4 is 16.9 Å². The number of rotatable bonds is 3. The zero-order chi connectivity index (χ0) is 16.8. The Morgan fingerprint density at radius 2 is 2.12 bits per heavy atom. The van der Waals surface area contributed by atoms with Crippen LogP contribution in [-0.4, -0.2) is 41.9 Å². The quantitative estimate of drug-likeness (QED) is 0.733. The zero-order valence-corrected chi connectivity index (χ0v) is 14.0. The van der Waals surface area contributed by atoms with E-state index >= 15 is 0 Å². The summed E-state index contributed by atoms with van der Waals surface area (Å²) in [5.41, 5.74) is 4.08. The van der Waals surface area contributed by atoms with Gasteiger partial charge in [0.15, 0.2) is 0 Å². The van der Waals surface area contributed by atoms with Gasteiger partial charge in [-0.05, 0) is 31.4 Å². The van der Waals surface area contributed by atoms with Gasteiger partial charge in [0, 0.05) is 24.7 Å². The number of carbonyl (C=O) groups excluding carboxylic acids is 1. The molecule has 2 aromatic heterocycles. The Morgan fingerprint density at radius 1 is 1.24 bits per heavy atom. The zero-order valence-electron chi connectivity index (χ0n) is 14.0. The normalized spacial score (nSPS) is 17.5. The van der Waals surface area contributed by atoms with Crippen molar-refractivity contribution < 1.29 is 4.79 Å². The van der Waals surface area contributed by atoms with Gasteiger partial charge in [-0.25, -0.2) is 9.67 Å². The minimum absolute atomic E-state index is 0.0690. The predicted molar refractivity (Wildman–Crippen MR) is 91.8 cm³/mol. The second kappa shape index (κ2) is 5.68. The average Bonchev–Trinajstić information content (AvgIpc) is 3.18. The van der Waals surface area contributed by atoms with Crippen LogP contribution in [-0.2, 0) is 24.3 Å². The van der Waals surface area contributed by atoms with Gasteiger partial charge in [-0.3, -0.25) is 4.79 Å². The summed E-state index contributed by atoms with van der Waals surface area (Å²) in [6.45, 7) is 1.57.